The van der Waals surface area contributed by atoms with Crippen LogP contribution in [0.25, 0.3) is 0 Å². The van der Waals surface area contributed by atoms with Crippen molar-refractivity contribution in [2.45, 2.75) is 38.0 Å². The van der Waals surface area contributed by atoms with Gasteiger partial charge < -0.3 is 9.84 Å². The standard InChI is InChI=1S/C11H17N3O/c1-7-6-9(7)10-13-11(15-14-10)8-2-4-12-5-3-8/h7-9,12H,2-6H2,1H3. The van der Waals surface area contributed by atoms with Gasteiger partial charge in [0.1, 0.15) is 0 Å². The van der Waals surface area contributed by atoms with Crippen molar-refractivity contribution in [3.05, 3.63) is 11.7 Å². The smallest absolute Gasteiger partial charge is 0.229 e. The molecule has 1 aromatic rings. The van der Waals surface area contributed by atoms with Crippen molar-refractivity contribution >= 4 is 0 Å². The van der Waals surface area contributed by atoms with E-state index in [1.54, 1.807) is 0 Å². The average molecular weight is 207 g/mol. The van der Waals surface area contributed by atoms with Crippen molar-refractivity contribution in [2.75, 3.05) is 13.1 Å². The lowest BCUT2D eigenvalue weighted by Crippen LogP contribution is -2.26. The summed E-state index contributed by atoms with van der Waals surface area (Å²) in [6.45, 7) is 4.38. The minimum atomic E-state index is 0.488. The first-order chi connectivity index (χ1) is 7.34. The van der Waals surface area contributed by atoms with Crippen LogP contribution < -0.4 is 5.32 Å². The highest BCUT2D eigenvalue weighted by Gasteiger charge is 2.38. The summed E-state index contributed by atoms with van der Waals surface area (Å²) in [6, 6.07) is 0. The number of hydrogen-bond donors (Lipinski definition) is 1. The minimum absolute atomic E-state index is 0.488. The molecular formula is C11H17N3O. The Hall–Kier alpha value is -0.900. The molecule has 1 aromatic heterocycles. The average Bonchev–Trinajstić information content (AvgIpc) is 2.83. The number of rotatable bonds is 2. The highest BCUT2D eigenvalue weighted by molar-refractivity contribution is 5.09. The van der Waals surface area contributed by atoms with Crippen LogP contribution in [0.1, 0.15) is 49.7 Å². The molecule has 2 atom stereocenters. The van der Waals surface area contributed by atoms with Gasteiger partial charge in [-0.1, -0.05) is 12.1 Å². The first kappa shape index (κ1) is 9.33. The van der Waals surface area contributed by atoms with Gasteiger partial charge in [0.25, 0.3) is 0 Å². The van der Waals surface area contributed by atoms with Gasteiger partial charge in [0.05, 0.1) is 0 Å². The van der Waals surface area contributed by atoms with Gasteiger partial charge in [0.2, 0.25) is 5.89 Å². The van der Waals surface area contributed by atoms with Crippen LogP contribution in [0.2, 0.25) is 0 Å². The van der Waals surface area contributed by atoms with Crippen LogP contribution >= 0.6 is 0 Å². The Balaban J connectivity index is 1.72. The Morgan fingerprint density at radius 1 is 1.33 bits per heavy atom. The second kappa shape index (κ2) is 3.59. The fourth-order valence-corrected chi connectivity index (χ4v) is 2.31. The summed E-state index contributed by atoms with van der Waals surface area (Å²) in [6.07, 6.45) is 3.48. The van der Waals surface area contributed by atoms with Crippen LogP contribution in [-0.4, -0.2) is 23.2 Å². The van der Waals surface area contributed by atoms with E-state index >= 15 is 0 Å². The second-order valence-electron chi connectivity index (χ2n) is 4.83. The van der Waals surface area contributed by atoms with Crippen molar-refractivity contribution in [1.82, 2.24) is 15.5 Å². The van der Waals surface area contributed by atoms with Gasteiger partial charge in [-0.3, -0.25) is 0 Å². The molecule has 0 spiro atoms. The quantitative estimate of drug-likeness (QED) is 0.801. The Bertz CT molecular complexity index is 343. The van der Waals surface area contributed by atoms with Gasteiger partial charge in [-0.05, 0) is 38.3 Å². The Labute approximate surface area is 89.4 Å². The normalized spacial score (nSPS) is 31.8. The van der Waals surface area contributed by atoms with Crippen molar-refractivity contribution in [3.8, 4) is 0 Å². The summed E-state index contributed by atoms with van der Waals surface area (Å²) in [4.78, 5) is 4.54. The molecule has 0 aromatic carbocycles. The number of aromatic nitrogens is 2. The summed E-state index contributed by atoms with van der Waals surface area (Å²) >= 11 is 0. The highest BCUT2D eigenvalue weighted by Crippen LogP contribution is 2.45. The summed E-state index contributed by atoms with van der Waals surface area (Å²) in [5, 5.41) is 7.44. The van der Waals surface area contributed by atoms with Crippen LogP contribution in [0.4, 0.5) is 0 Å². The maximum atomic E-state index is 5.36. The van der Waals surface area contributed by atoms with E-state index in [0.29, 0.717) is 11.8 Å². The maximum Gasteiger partial charge on any atom is 0.229 e. The van der Waals surface area contributed by atoms with Crippen molar-refractivity contribution in [1.29, 1.82) is 0 Å². The molecule has 1 N–H and O–H groups in total. The lowest BCUT2D eigenvalue weighted by Gasteiger charge is -2.18. The van der Waals surface area contributed by atoms with E-state index in [1.165, 1.54) is 6.42 Å². The summed E-state index contributed by atoms with van der Waals surface area (Å²) in [5.41, 5.74) is 0. The van der Waals surface area contributed by atoms with E-state index in [-0.39, 0.29) is 0 Å². The van der Waals surface area contributed by atoms with E-state index in [0.717, 1.165) is 43.6 Å². The summed E-state index contributed by atoms with van der Waals surface area (Å²) in [5.74, 6) is 3.62. The zero-order valence-electron chi connectivity index (χ0n) is 9.07. The minimum Gasteiger partial charge on any atom is -0.339 e. The zero-order valence-corrected chi connectivity index (χ0v) is 9.07. The molecule has 0 amide bonds. The molecule has 1 saturated heterocycles. The number of hydrogen-bond acceptors (Lipinski definition) is 4. The molecule has 1 saturated carbocycles. The lowest BCUT2D eigenvalue weighted by atomic mass is 9.98. The van der Waals surface area contributed by atoms with Crippen molar-refractivity contribution < 1.29 is 4.52 Å². The molecule has 4 nitrogen and oxygen atoms in total. The van der Waals surface area contributed by atoms with Crippen LogP contribution in [0, 0.1) is 5.92 Å². The largest absolute Gasteiger partial charge is 0.339 e. The van der Waals surface area contributed by atoms with Crippen LogP contribution in [-0.2, 0) is 0 Å². The predicted octanol–water partition coefficient (Wildman–Crippen LogP) is 1.66. The molecule has 4 heteroatoms. The van der Waals surface area contributed by atoms with Gasteiger partial charge in [-0.25, -0.2) is 0 Å². The van der Waals surface area contributed by atoms with E-state index in [1.807, 2.05) is 0 Å². The van der Waals surface area contributed by atoms with E-state index in [9.17, 15) is 0 Å². The molecule has 0 radical (unpaired) electrons. The molecule has 2 aliphatic rings. The second-order valence-corrected chi connectivity index (χ2v) is 4.83. The van der Waals surface area contributed by atoms with Crippen molar-refractivity contribution in [2.24, 2.45) is 5.92 Å². The molecule has 0 bridgehead atoms. The monoisotopic (exact) mass is 207 g/mol. The molecule has 82 valence electrons. The highest BCUT2D eigenvalue weighted by atomic mass is 16.5. The van der Waals surface area contributed by atoms with Crippen molar-refractivity contribution in [3.63, 3.8) is 0 Å². The molecule has 1 aliphatic carbocycles. The van der Waals surface area contributed by atoms with E-state index < -0.39 is 0 Å². The van der Waals surface area contributed by atoms with Crippen LogP contribution in [0.15, 0.2) is 4.52 Å². The molecule has 1 aliphatic heterocycles. The Kier molecular flexibility index (Phi) is 2.24. The third kappa shape index (κ3) is 1.78. The van der Waals surface area contributed by atoms with Gasteiger partial charge in [0.15, 0.2) is 5.82 Å². The summed E-state index contributed by atoms with van der Waals surface area (Å²) < 4.78 is 5.36. The zero-order chi connectivity index (χ0) is 10.3. The number of nitrogens with one attached hydrogen (secondary N) is 1. The molecule has 2 heterocycles. The SMILES string of the molecule is CC1CC1c1noc(C2CCNCC2)n1. The van der Waals surface area contributed by atoms with E-state index in [2.05, 4.69) is 22.4 Å². The first-order valence-electron chi connectivity index (χ1n) is 5.89. The van der Waals surface area contributed by atoms with Crippen LogP contribution in [0.5, 0.6) is 0 Å². The summed E-state index contributed by atoms with van der Waals surface area (Å²) in [7, 11) is 0. The maximum absolute atomic E-state index is 5.36. The van der Waals surface area contributed by atoms with Crippen LogP contribution in [0.3, 0.4) is 0 Å². The molecule has 3 rings (SSSR count). The predicted molar refractivity (Wildman–Crippen MR) is 55.7 cm³/mol. The third-order valence-corrected chi connectivity index (χ3v) is 3.59. The third-order valence-electron chi connectivity index (χ3n) is 3.59. The number of nitrogens with zero attached hydrogens (tertiary/aromatic N) is 2. The Morgan fingerprint density at radius 3 is 2.73 bits per heavy atom. The topological polar surface area (TPSA) is 51.0 Å². The van der Waals surface area contributed by atoms with Gasteiger partial charge in [-0.15, -0.1) is 0 Å². The number of piperidine rings is 1. The Morgan fingerprint density at radius 2 is 2.07 bits per heavy atom. The van der Waals surface area contributed by atoms with Gasteiger partial charge in [0, 0.05) is 11.8 Å². The lowest BCUT2D eigenvalue weighted by molar-refractivity contribution is 0.318. The van der Waals surface area contributed by atoms with Gasteiger partial charge in [-0.2, -0.15) is 4.98 Å². The van der Waals surface area contributed by atoms with E-state index in [4.69, 9.17) is 4.52 Å². The van der Waals surface area contributed by atoms with Gasteiger partial charge >= 0.3 is 0 Å². The molecule has 2 unspecified atom stereocenters. The fraction of sp³-hybridized carbons (Fsp3) is 0.818. The fourth-order valence-electron chi connectivity index (χ4n) is 2.31. The molecule has 2 fully saturated rings. The molecular weight excluding hydrogens is 190 g/mol. The molecule has 15 heavy (non-hydrogen) atoms. The first-order valence-corrected chi connectivity index (χ1v) is 5.89.